The molecule has 3 aromatic carbocycles. The van der Waals surface area contributed by atoms with Gasteiger partial charge in [0.05, 0.1) is 0 Å². The smallest absolute Gasteiger partial charge is 0.296 e. The molecule has 0 radical (unpaired) electrons. The van der Waals surface area contributed by atoms with Gasteiger partial charge in [-0.1, -0.05) is 104 Å². The topological polar surface area (TPSA) is 18.5 Å². The van der Waals surface area contributed by atoms with Gasteiger partial charge in [-0.2, -0.15) is 0 Å². The van der Waals surface area contributed by atoms with Gasteiger partial charge in [0, 0.05) is 16.7 Å². The minimum Gasteiger partial charge on any atom is -0.447 e. The Kier molecular flexibility index (Phi) is 3.95. The van der Waals surface area contributed by atoms with Crippen LogP contribution in [0.15, 0.2) is 121 Å². The Labute approximate surface area is 171 Å². The van der Waals surface area contributed by atoms with Crippen LogP contribution < -0.4 is 4.74 Å². The molecular formula is C27H22O2. The average Bonchev–Trinajstić information content (AvgIpc) is 3.20. The highest BCUT2D eigenvalue weighted by Gasteiger charge is 2.71. The van der Waals surface area contributed by atoms with E-state index in [0.29, 0.717) is 5.76 Å². The van der Waals surface area contributed by atoms with Gasteiger partial charge in [-0.25, -0.2) is 0 Å². The van der Waals surface area contributed by atoms with Crippen LogP contribution in [0.4, 0.5) is 0 Å². The van der Waals surface area contributed by atoms with E-state index in [1.54, 1.807) is 0 Å². The Morgan fingerprint density at radius 1 is 0.759 bits per heavy atom. The lowest BCUT2D eigenvalue weighted by Gasteiger charge is -2.38. The van der Waals surface area contributed by atoms with E-state index in [-0.39, 0.29) is 0 Å². The van der Waals surface area contributed by atoms with E-state index in [9.17, 15) is 0 Å². The lowest BCUT2D eigenvalue weighted by Crippen LogP contribution is -2.47. The van der Waals surface area contributed by atoms with E-state index in [1.807, 2.05) is 55.5 Å². The maximum atomic E-state index is 6.69. The van der Waals surface area contributed by atoms with E-state index in [2.05, 4.69) is 61.2 Å². The van der Waals surface area contributed by atoms with Gasteiger partial charge in [-0.05, 0) is 18.6 Å². The van der Waals surface area contributed by atoms with Crippen molar-refractivity contribution in [1.29, 1.82) is 0 Å². The molecule has 0 spiro atoms. The predicted octanol–water partition coefficient (Wildman–Crippen LogP) is 6.26. The molecule has 0 bridgehead atoms. The average molecular weight is 378 g/mol. The molecule has 0 aromatic heterocycles. The summed E-state index contributed by atoms with van der Waals surface area (Å²) in [5.41, 5.74) is 3.51. The van der Waals surface area contributed by atoms with Gasteiger partial charge < -0.3 is 9.47 Å². The van der Waals surface area contributed by atoms with Crippen LogP contribution in [-0.4, -0.2) is 0 Å². The molecule has 0 N–H and O–H groups in total. The Hall–Kier alpha value is -3.52. The highest BCUT2D eigenvalue weighted by atomic mass is 16.7. The highest BCUT2D eigenvalue weighted by molar-refractivity contribution is 5.68. The molecule has 29 heavy (non-hydrogen) atoms. The zero-order valence-electron chi connectivity index (χ0n) is 16.3. The molecule has 2 unspecified atom stereocenters. The lowest BCUT2D eigenvalue weighted by atomic mass is 9.64. The fraction of sp³-hybridized carbons (Fsp3) is 0.111. The largest absolute Gasteiger partial charge is 0.447 e. The summed E-state index contributed by atoms with van der Waals surface area (Å²) < 4.78 is 13.3. The third-order valence-electron chi connectivity index (χ3n) is 5.83. The van der Waals surface area contributed by atoms with E-state index in [4.69, 9.17) is 9.47 Å². The van der Waals surface area contributed by atoms with Crippen molar-refractivity contribution in [2.75, 3.05) is 0 Å². The van der Waals surface area contributed by atoms with Crippen molar-refractivity contribution in [2.24, 2.45) is 0 Å². The summed E-state index contributed by atoms with van der Waals surface area (Å²) in [6.45, 7) is 6.29. The second kappa shape index (κ2) is 6.52. The number of benzene rings is 3. The molecule has 2 heteroatoms. The van der Waals surface area contributed by atoms with Gasteiger partial charge in [-0.15, -0.1) is 0 Å². The molecule has 0 aliphatic carbocycles. The second-order valence-electron chi connectivity index (χ2n) is 7.33. The van der Waals surface area contributed by atoms with Crippen LogP contribution in [0.25, 0.3) is 0 Å². The fourth-order valence-corrected chi connectivity index (χ4v) is 4.72. The van der Waals surface area contributed by atoms with Gasteiger partial charge in [-0.3, -0.25) is 0 Å². The van der Waals surface area contributed by atoms with Gasteiger partial charge in [0.25, 0.3) is 5.79 Å². The number of para-hydroxylation sites is 1. The summed E-state index contributed by atoms with van der Waals surface area (Å²) in [6.07, 6.45) is 6.16. The molecule has 2 nitrogen and oxygen atoms in total. The van der Waals surface area contributed by atoms with Gasteiger partial charge in [0.1, 0.15) is 16.9 Å². The van der Waals surface area contributed by atoms with Crippen molar-refractivity contribution in [3.8, 4) is 5.75 Å². The highest BCUT2D eigenvalue weighted by Crippen LogP contribution is 2.67. The number of allylic oxidation sites excluding steroid dienone is 4. The zero-order chi connectivity index (χ0) is 19.9. The van der Waals surface area contributed by atoms with Crippen LogP contribution in [0.5, 0.6) is 5.75 Å². The van der Waals surface area contributed by atoms with Gasteiger partial charge >= 0.3 is 0 Å². The normalized spacial score (nSPS) is 26.2. The van der Waals surface area contributed by atoms with Gasteiger partial charge in [0.15, 0.2) is 0 Å². The Morgan fingerprint density at radius 2 is 1.38 bits per heavy atom. The molecule has 0 amide bonds. The molecule has 1 fully saturated rings. The molecule has 2 atom stereocenters. The van der Waals surface area contributed by atoms with Crippen molar-refractivity contribution >= 4 is 0 Å². The molecule has 5 rings (SSSR count). The molecule has 0 saturated carbocycles. The third kappa shape index (κ3) is 2.23. The zero-order valence-corrected chi connectivity index (χ0v) is 16.3. The van der Waals surface area contributed by atoms with Crippen LogP contribution in [0, 0.1) is 0 Å². The minimum absolute atomic E-state index is 0.630. The number of hydrogen-bond donors (Lipinski definition) is 0. The van der Waals surface area contributed by atoms with E-state index < -0.39 is 11.2 Å². The van der Waals surface area contributed by atoms with Crippen molar-refractivity contribution < 1.29 is 9.47 Å². The monoisotopic (exact) mass is 378 g/mol. The van der Waals surface area contributed by atoms with Crippen molar-refractivity contribution in [3.63, 3.8) is 0 Å². The first kappa shape index (κ1) is 17.6. The van der Waals surface area contributed by atoms with Crippen LogP contribution >= 0.6 is 0 Å². The summed E-state index contributed by atoms with van der Waals surface area (Å²) in [5, 5.41) is 0. The van der Waals surface area contributed by atoms with Crippen LogP contribution in [0.1, 0.15) is 23.6 Å². The predicted molar refractivity (Wildman–Crippen MR) is 116 cm³/mol. The first-order chi connectivity index (χ1) is 14.2. The van der Waals surface area contributed by atoms with E-state index >= 15 is 0 Å². The first-order valence-electron chi connectivity index (χ1n) is 9.85. The number of hydrogen-bond acceptors (Lipinski definition) is 2. The minimum atomic E-state index is -1.05. The summed E-state index contributed by atoms with van der Waals surface area (Å²) in [6, 6.07) is 28.8. The summed E-state index contributed by atoms with van der Waals surface area (Å²) >= 11 is 0. The van der Waals surface area contributed by atoms with E-state index in [0.717, 1.165) is 28.0 Å². The Morgan fingerprint density at radius 3 is 2.07 bits per heavy atom. The maximum Gasteiger partial charge on any atom is 0.296 e. The third-order valence-corrected chi connectivity index (χ3v) is 5.83. The lowest BCUT2D eigenvalue weighted by molar-refractivity contribution is -0.150. The fourth-order valence-electron chi connectivity index (χ4n) is 4.72. The van der Waals surface area contributed by atoms with Crippen LogP contribution in [0.3, 0.4) is 0 Å². The van der Waals surface area contributed by atoms with Gasteiger partial charge in [0.2, 0.25) is 0 Å². The molecule has 2 heterocycles. The van der Waals surface area contributed by atoms with E-state index in [1.165, 1.54) is 0 Å². The SMILES string of the molecule is C=C1OC2(c3ccccc3)Oc3ccccc3C2(c2ccccc2)/C1=C/C=C\C. The summed E-state index contributed by atoms with van der Waals surface area (Å²) in [4.78, 5) is 0. The number of fused-ring (bicyclic) bond motifs is 3. The molecule has 3 aromatic rings. The van der Waals surface area contributed by atoms with Crippen LogP contribution in [-0.2, 0) is 15.9 Å². The summed E-state index contributed by atoms with van der Waals surface area (Å²) in [5.74, 6) is 0.411. The molecule has 2 aliphatic rings. The quantitative estimate of drug-likeness (QED) is 0.535. The molecule has 2 aliphatic heterocycles. The molecule has 142 valence electrons. The Bertz CT molecular complexity index is 1130. The molecule has 1 saturated heterocycles. The number of rotatable bonds is 3. The standard InChI is InChI=1S/C27H22O2/c1-3-4-17-23-20(2)28-27(22-15-9-6-10-16-22)26(23,21-13-7-5-8-14-21)24-18-11-12-19-25(24)29-27/h3-19H,2H2,1H3/b4-3-,23-17+. The summed E-state index contributed by atoms with van der Waals surface area (Å²) in [7, 11) is 0. The second-order valence-corrected chi connectivity index (χ2v) is 7.33. The molecular weight excluding hydrogens is 356 g/mol. The van der Waals surface area contributed by atoms with Crippen molar-refractivity contribution in [1.82, 2.24) is 0 Å². The first-order valence-corrected chi connectivity index (χ1v) is 9.85. The van der Waals surface area contributed by atoms with Crippen molar-refractivity contribution in [3.05, 3.63) is 138 Å². The van der Waals surface area contributed by atoms with Crippen molar-refractivity contribution in [2.45, 2.75) is 18.1 Å². The maximum absolute atomic E-state index is 6.69. The van der Waals surface area contributed by atoms with Crippen LogP contribution in [0.2, 0.25) is 0 Å². The Balaban J connectivity index is 1.95. The number of ether oxygens (including phenoxy) is 2.